The number of methoxy groups -OCH3 is 2. The summed E-state index contributed by atoms with van der Waals surface area (Å²) in [5.41, 5.74) is 9.10. The van der Waals surface area contributed by atoms with Crippen molar-refractivity contribution in [2.75, 3.05) is 19.5 Å². The molecule has 0 radical (unpaired) electrons. The standard InChI is InChI=1S/C34H38N6O7S/c1-5-40-25(15-19(2)38-40)33(45)37-34-36-23-16-20(32(35)44)10-11-24(23)39(34)14-8-6-7-9-21-22-17-27(46-3)28(47-4)18-29(22)48-31(21)26(41)12-13-30(42)43/h10-11,15-18H,5-9,12-14H2,1-4H3,(H2,35,44)(H,42,43)(H,36,37,45). The summed E-state index contributed by atoms with van der Waals surface area (Å²) in [5.74, 6) is -0.699. The van der Waals surface area contributed by atoms with Crippen molar-refractivity contribution >= 4 is 62.0 Å². The van der Waals surface area contributed by atoms with Crippen molar-refractivity contribution < 1.29 is 33.8 Å². The van der Waals surface area contributed by atoms with Gasteiger partial charge in [0.05, 0.1) is 42.2 Å². The number of rotatable bonds is 16. The molecular formula is C34H38N6O7S. The number of amides is 2. The molecule has 0 spiro atoms. The normalized spacial score (nSPS) is 11.2. The number of anilines is 1. The van der Waals surface area contributed by atoms with Gasteiger partial charge >= 0.3 is 5.97 Å². The lowest BCUT2D eigenvalue weighted by Crippen LogP contribution is -2.20. The number of ether oxygens (including phenoxy) is 2. The van der Waals surface area contributed by atoms with Gasteiger partial charge in [-0.1, -0.05) is 6.42 Å². The van der Waals surface area contributed by atoms with E-state index in [9.17, 15) is 19.2 Å². The first kappa shape index (κ1) is 34.1. The number of nitrogens with zero attached hydrogens (tertiary/aromatic N) is 4. The van der Waals surface area contributed by atoms with Crippen molar-refractivity contribution in [3.05, 3.63) is 63.8 Å². The van der Waals surface area contributed by atoms with E-state index >= 15 is 0 Å². The molecule has 2 amide bonds. The highest BCUT2D eigenvalue weighted by Gasteiger charge is 2.22. The summed E-state index contributed by atoms with van der Waals surface area (Å²) in [5, 5.41) is 17.3. The number of Topliss-reactive ketones (excluding diaryl/α,β-unsaturated/α-hetero) is 1. The number of fused-ring (bicyclic) bond motifs is 2. The van der Waals surface area contributed by atoms with E-state index < -0.39 is 11.9 Å². The number of aryl methyl sites for hydroxylation is 4. The predicted octanol–water partition coefficient (Wildman–Crippen LogP) is 5.60. The first-order valence-electron chi connectivity index (χ1n) is 15.6. The predicted molar refractivity (Wildman–Crippen MR) is 183 cm³/mol. The van der Waals surface area contributed by atoms with Crippen molar-refractivity contribution in [3.63, 3.8) is 0 Å². The lowest BCUT2D eigenvalue weighted by Gasteiger charge is -2.11. The highest BCUT2D eigenvalue weighted by Crippen LogP contribution is 2.40. The maximum absolute atomic E-state index is 13.3. The number of aliphatic carboxylic acids is 1. The number of nitrogens with one attached hydrogen (secondary N) is 1. The molecule has 0 aliphatic carbocycles. The number of thiophene rings is 1. The number of primary amides is 1. The summed E-state index contributed by atoms with van der Waals surface area (Å²) in [6.45, 7) is 4.78. The Morgan fingerprint density at radius 2 is 1.75 bits per heavy atom. The zero-order valence-electron chi connectivity index (χ0n) is 27.3. The number of imidazole rings is 1. The molecule has 252 valence electrons. The maximum Gasteiger partial charge on any atom is 0.303 e. The largest absolute Gasteiger partial charge is 0.493 e. The van der Waals surface area contributed by atoms with Crippen LogP contribution in [0, 0.1) is 6.92 Å². The zero-order valence-corrected chi connectivity index (χ0v) is 28.1. The van der Waals surface area contributed by atoms with Gasteiger partial charge in [-0.15, -0.1) is 11.3 Å². The Hall–Kier alpha value is -5.24. The van der Waals surface area contributed by atoms with Crippen LogP contribution in [0.3, 0.4) is 0 Å². The van der Waals surface area contributed by atoms with Gasteiger partial charge in [0, 0.05) is 41.2 Å². The van der Waals surface area contributed by atoms with Crippen molar-refractivity contribution in [1.29, 1.82) is 0 Å². The van der Waals surface area contributed by atoms with Crippen LogP contribution >= 0.6 is 11.3 Å². The number of carbonyl (C=O) groups is 4. The third-order valence-electron chi connectivity index (χ3n) is 8.12. The van der Waals surface area contributed by atoms with E-state index in [2.05, 4.69) is 15.4 Å². The van der Waals surface area contributed by atoms with Crippen LogP contribution in [-0.2, 0) is 24.3 Å². The molecule has 0 bridgehead atoms. The molecule has 0 fully saturated rings. The maximum atomic E-state index is 13.3. The van der Waals surface area contributed by atoms with Gasteiger partial charge in [0.25, 0.3) is 5.91 Å². The van der Waals surface area contributed by atoms with E-state index in [0.29, 0.717) is 58.6 Å². The Labute approximate surface area is 280 Å². The molecule has 0 aliphatic rings. The molecule has 14 heteroatoms. The third kappa shape index (κ3) is 7.18. The van der Waals surface area contributed by atoms with Crippen LogP contribution in [-0.4, -0.2) is 62.2 Å². The quantitative estimate of drug-likeness (QED) is 0.0886. The molecule has 0 saturated heterocycles. The fourth-order valence-electron chi connectivity index (χ4n) is 5.77. The highest BCUT2D eigenvalue weighted by molar-refractivity contribution is 7.21. The van der Waals surface area contributed by atoms with Crippen molar-refractivity contribution in [1.82, 2.24) is 19.3 Å². The zero-order chi connectivity index (χ0) is 34.5. The van der Waals surface area contributed by atoms with E-state index in [1.807, 2.05) is 30.5 Å². The van der Waals surface area contributed by atoms with Gasteiger partial charge in [0.15, 0.2) is 17.3 Å². The fraction of sp³-hybridized carbons (Fsp3) is 0.353. The van der Waals surface area contributed by atoms with E-state index in [1.165, 1.54) is 11.3 Å². The molecule has 13 nitrogen and oxygen atoms in total. The SMILES string of the molecule is CCn1nc(C)cc1C(=O)Nc1nc2cc(C(N)=O)ccc2n1CCCCCc1c(C(=O)CCC(=O)O)sc2cc(OC)c(OC)cc12. The Bertz CT molecular complexity index is 2030. The Kier molecular flexibility index (Phi) is 10.4. The number of hydrogen-bond acceptors (Lipinski definition) is 9. The monoisotopic (exact) mass is 674 g/mol. The number of nitrogens with two attached hydrogens (primary N) is 1. The summed E-state index contributed by atoms with van der Waals surface area (Å²) < 4.78 is 15.4. The molecule has 4 N–H and O–H groups in total. The minimum absolute atomic E-state index is 0.0816. The van der Waals surface area contributed by atoms with Gasteiger partial charge in [-0.05, 0) is 69.0 Å². The molecule has 0 atom stereocenters. The molecule has 48 heavy (non-hydrogen) atoms. The van der Waals surface area contributed by atoms with Gasteiger partial charge in [0.1, 0.15) is 5.69 Å². The molecule has 0 saturated carbocycles. The minimum Gasteiger partial charge on any atom is -0.493 e. The van der Waals surface area contributed by atoms with E-state index in [4.69, 9.17) is 20.3 Å². The summed E-state index contributed by atoms with van der Waals surface area (Å²) in [4.78, 5) is 54.7. The molecule has 0 unspecified atom stereocenters. The van der Waals surface area contributed by atoms with Gasteiger partial charge in [-0.3, -0.25) is 29.2 Å². The lowest BCUT2D eigenvalue weighted by molar-refractivity contribution is -0.136. The second-order valence-electron chi connectivity index (χ2n) is 11.3. The summed E-state index contributed by atoms with van der Waals surface area (Å²) >= 11 is 1.34. The number of unbranched alkanes of at least 4 members (excludes halogenated alkanes) is 2. The van der Waals surface area contributed by atoms with Gasteiger partial charge in [0.2, 0.25) is 11.9 Å². The number of aromatic nitrogens is 4. The molecule has 2 aromatic carbocycles. The van der Waals surface area contributed by atoms with E-state index in [-0.39, 0.29) is 24.5 Å². The highest BCUT2D eigenvalue weighted by atomic mass is 32.1. The van der Waals surface area contributed by atoms with Gasteiger partial charge < -0.3 is 24.9 Å². The fourth-order valence-corrected chi connectivity index (χ4v) is 7.00. The van der Waals surface area contributed by atoms with Crippen molar-refractivity contribution in [2.24, 2.45) is 5.73 Å². The van der Waals surface area contributed by atoms with E-state index in [0.717, 1.165) is 46.1 Å². The number of benzene rings is 2. The van der Waals surface area contributed by atoms with Crippen LogP contribution in [0.25, 0.3) is 21.1 Å². The number of carbonyl (C=O) groups excluding carboxylic acids is 3. The van der Waals surface area contributed by atoms with Gasteiger partial charge in [-0.2, -0.15) is 5.10 Å². The average molecular weight is 675 g/mol. The third-order valence-corrected chi connectivity index (χ3v) is 9.35. The molecule has 3 heterocycles. The van der Waals surface area contributed by atoms with Gasteiger partial charge in [-0.25, -0.2) is 4.98 Å². The molecule has 5 aromatic rings. The smallest absolute Gasteiger partial charge is 0.303 e. The van der Waals surface area contributed by atoms with Crippen LogP contribution in [0.1, 0.15) is 80.8 Å². The van der Waals surface area contributed by atoms with E-state index in [1.54, 1.807) is 43.2 Å². The minimum atomic E-state index is -1.02. The molecule has 5 rings (SSSR count). The average Bonchev–Trinajstić information content (AvgIpc) is 3.74. The van der Waals surface area contributed by atoms with Crippen LogP contribution in [0.15, 0.2) is 36.4 Å². The molecule has 3 aromatic heterocycles. The Balaban J connectivity index is 1.36. The van der Waals surface area contributed by atoms with Crippen LogP contribution < -0.4 is 20.5 Å². The summed E-state index contributed by atoms with van der Waals surface area (Å²) in [7, 11) is 3.11. The topological polar surface area (TPSA) is 181 Å². The molecular weight excluding hydrogens is 636 g/mol. The Morgan fingerprint density at radius 3 is 2.44 bits per heavy atom. The van der Waals surface area contributed by atoms with Crippen molar-refractivity contribution in [3.8, 4) is 11.5 Å². The summed E-state index contributed by atoms with van der Waals surface area (Å²) in [6, 6.07) is 10.4. The molecule has 0 aliphatic heterocycles. The number of carboxylic acids is 1. The van der Waals surface area contributed by atoms with Crippen molar-refractivity contribution in [2.45, 2.75) is 65.5 Å². The number of ketones is 1. The second kappa shape index (κ2) is 14.7. The van der Waals surface area contributed by atoms with Crippen LogP contribution in [0.2, 0.25) is 0 Å². The second-order valence-corrected chi connectivity index (χ2v) is 12.4. The number of hydrogen-bond donors (Lipinski definition) is 3. The summed E-state index contributed by atoms with van der Waals surface area (Å²) in [6.07, 6.45) is 2.52. The van der Waals surface area contributed by atoms with Crippen LogP contribution in [0.5, 0.6) is 11.5 Å². The van der Waals surface area contributed by atoms with Crippen LogP contribution in [0.4, 0.5) is 5.95 Å². The Morgan fingerprint density at radius 1 is 1.00 bits per heavy atom. The lowest BCUT2D eigenvalue weighted by atomic mass is 10.00. The first-order chi connectivity index (χ1) is 23.0. The number of carboxylic acid groups (broad SMARTS) is 1. The first-order valence-corrected chi connectivity index (χ1v) is 16.4.